The molecule has 6 heteroatoms. The van der Waals surface area contributed by atoms with Crippen LogP contribution in [0, 0.1) is 6.92 Å². The Labute approximate surface area is 152 Å². The lowest BCUT2D eigenvalue weighted by Crippen LogP contribution is -2.26. The first-order valence-electron chi connectivity index (χ1n) is 8.51. The summed E-state index contributed by atoms with van der Waals surface area (Å²) in [4.78, 5) is 16.6. The Kier molecular flexibility index (Phi) is 5.31. The summed E-state index contributed by atoms with van der Waals surface area (Å²) in [7, 11) is 0. The van der Waals surface area contributed by atoms with E-state index in [1.807, 2.05) is 38.1 Å². The topological polar surface area (TPSA) is 77.2 Å². The van der Waals surface area contributed by atoms with Gasteiger partial charge in [-0.3, -0.25) is 4.79 Å². The Morgan fingerprint density at radius 1 is 1.15 bits per heavy atom. The molecule has 0 aliphatic rings. The van der Waals surface area contributed by atoms with Crippen LogP contribution in [0.2, 0.25) is 0 Å². The van der Waals surface area contributed by atoms with Crippen molar-refractivity contribution in [2.24, 2.45) is 0 Å². The van der Waals surface area contributed by atoms with E-state index in [1.54, 1.807) is 31.2 Å². The van der Waals surface area contributed by atoms with Crippen LogP contribution in [-0.4, -0.2) is 22.7 Å². The number of benzene rings is 2. The lowest BCUT2D eigenvalue weighted by Gasteiger charge is -2.15. The molecule has 26 heavy (non-hydrogen) atoms. The molecule has 0 saturated heterocycles. The number of hydrogen-bond donors (Lipinski definition) is 1. The Morgan fingerprint density at radius 3 is 2.42 bits per heavy atom. The van der Waals surface area contributed by atoms with E-state index in [2.05, 4.69) is 15.5 Å². The minimum atomic E-state index is -0.137. The van der Waals surface area contributed by atoms with E-state index in [-0.39, 0.29) is 11.9 Å². The molecular weight excluding hydrogens is 330 g/mol. The second-order valence-corrected chi connectivity index (χ2v) is 5.91. The number of carbonyl (C=O) groups is 1. The summed E-state index contributed by atoms with van der Waals surface area (Å²) in [5.74, 6) is 1.70. The van der Waals surface area contributed by atoms with Crippen molar-refractivity contribution in [2.75, 3.05) is 6.61 Å². The summed E-state index contributed by atoms with van der Waals surface area (Å²) in [6, 6.07) is 14.7. The number of hydrogen-bond acceptors (Lipinski definition) is 5. The lowest BCUT2D eigenvalue weighted by molar-refractivity contribution is 0.0940. The third-order valence-corrected chi connectivity index (χ3v) is 3.97. The molecule has 1 N–H and O–H groups in total. The molecule has 0 fully saturated rings. The average Bonchev–Trinajstić information content (AvgIpc) is 3.09. The summed E-state index contributed by atoms with van der Waals surface area (Å²) in [6.45, 7) is 6.26. The molecule has 0 spiro atoms. The van der Waals surface area contributed by atoms with E-state index in [1.165, 1.54) is 0 Å². The van der Waals surface area contributed by atoms with Gasteiger partial charge >= 0.3 is 0 Å². The van der Waals surface area contributed by atoms with Crippen molar-refractivity contribution >= 4 is 5.91 Å². The number of carbonyl (C=O) groups excluding carboxylic acids is 1. The largest absolute Gasteiger partial charge is 0.494 e. The molecule has 3 aromatic rings. The fourth-order valence-corrected chi connectivity index (χ4v) is 2.57. The Morgan fingerprint density at radius 2 is 1.85 bits per heavy atom. The predicted octanol–water partition coefficient (Wildman–Crippen LogP) is 3.93. The molecule has 1 heterocycles. The smallest absolute Gasteiger partial charge is 0.251 e. The molecular formula is C20H21N3O3. The van der Waals surface area contributed by atoms with Gasteiger partial charge < -0.3 is 14.6 Å². The molecule has 0 unspecified atom stereocenters. The van der Waals surface area contributed by atoms with Crippen LogP contribution >= 0.6 is 0 Å². The maximum atomic E-state index is 12.5. The van der Waals surface area contributed by atoms with E-state index in [0.717, 1.165) is 16.9 Å². The van der Waals surface area contributed by atoms with E-state index < -0.39 is 0 Å². The molecule has 134 valence electrons. The highest BCUT2D eigenvalue weighted by molar-refractivity contribution is 5.94. The Bertz CT molecular complexity index is 870. The van der Waals surface area contributed by atoms with Crippen molar-refractivity contribution in [3.05, 3.63) is 65.5 Å². The standard InChI is InChI=1S/C20H21N3O3/c1-4-25-18-11-9-15(10-12-18)13(2)21-20(24)17-7-5-16(6-8-17)19-22-14(3)26-23-19/h5-13H,4H2,1-3H3,(H,21,24)/t13-/m0/s1. The van der Waals surface area contributed by atoms with Gasteiger partial charge in [0.15, 0.2) is 0 Å². The van der Waals surface area contributed by atoms with Crippen LogP contribution in [0.3, 0.4) is 0 Å². The Balaban J connectivity index is 1.65. The molecule has 1 aromatic heterocycles. The fourth-order valence-electron chi connectivity index (χ4n) is 2.57. The van der Waals surface area contributed by atoms with Crippen LogP contribution < -0.4 is 10.1 Å². The number of rotatable bonds is 6. The van der Waals surface area contributed by atoms with Gasteiger partial charge in [0.05, 0.1) is 12.6 Å². The van der Waals surface area contributed by atoms with Crippen LogP contribution in [-0.2, 0) is 0 Å². The van der Waals surface area contributed by atoms with Crippen molar-refractivity contribution in [1.82, 2.24) is 15.5 Å². The number of nitrogens with one attached hydrogen (secondary N) is 1. The third-order valence-electron chi connectivity index (χ3n) is 3.97. The van der Waals surface area contributed by atoms with Gasteiger partial charge in [0.25, 0.3) is 5.91 Å². The molecule has 0 saturated carbocycles. The number of aryl methyl sites for hydroxylation is 1. The maximum Gasteiger partial charge on any atom is 0.251 e. The molecule has 0 aliphatic heterocycles. The predicted molar refractivity (Wildman–Crippen MR) is 98.0 cm³/mol. The first-order valence-corrected chi connectivity index (χ1v) is 8.51. The van der Waals surface area contributed by atoms with Gasteiger partial charge in [0, 0.05) is 18.1 Å². The summed E-state index contributed by atoms with van der Waals surface area (Å²) < 4.78 is 10.4. The van der Waals surface area contributed by atoms with Crippen molar-refractivity contribution in [3.63, 3.8) is 0 Å². The van der Waals surface area contributed by atoms with E-state index in [9.17, 15) is 4.79 Å². The molecule has 6 nitrogen and oxygen atoms in total. The SMILES string of the molecule is CCOc1ccc([C@H](C)NC(=O)c2ccc(-c3noc(C)n3)cc2)cc1. The van der Waals surface area contributed by atoms with Crippen LogP contribution in [0.15, 0.2) is 53.1 Å². The van der Waals surface area contributed by atoms with E-state index in [0.29, 0.717) is 23.9 Å². The molecule has 1 atom stereocenters. The van der Waals surface area contributed by atoms with E-state index in [4.69, 9.17) is 9.26 Å². The highest BCUT2D eigenvalue weighted by atomic mass is 16.5. The quantitative estimate of drug-likeness (QED) is 0.728. The Hall–Kier alpha value is -3.15. The second-order valence-electron chi connectivity index (χ2n) is 5.91. The van der Waals surface area contributed by atoms with Crippen molar-refractivity contribution in [3.8, 4) is 17.1 Å². The number of ether oxygens (including phenoxy) is 1. The van der Waals surface area contributed by atoms with Crippen LogP contribution in [0.1, 0.15) is 41.7 Å². The first-order chi connectivity index (χ1) is 12.6. The highest BCUT2D eigenvalue weighted by Crippen LogP contribution is 2.19. The van der Waals surface area contributed by atoms with Gasteiger partial charge in [-0.2, -0.15) is 4.98 Å². The van der Waals surface area contributed by atoms with Crippen molar-refractivity contribution in [2.45, 2.75) is 26.8 Å². The van der Waals surface area contributed by atoms with Crippen molar-refractivity contribution in [1.29, 1.82) is 0 Å². The third kappa shape index (κ3) is 4.08. The van der Waals surface area contributed by atoms with Gasteiger partial charge in [0.1, 0.15) is 5.75 Å². The van der Waals surface area contributed by atoms with E-state index >= 15 is 0 Å². The van der Waals surface area contributed by atoms with Gasteiger partial charge in [-0.25, -0.2) is 0 Å². The number of amides is 1. The zero-order valence-corrected chi connectivity index (χ0v) is 15.0. The minimum absolute atomic E-state index is 0.113. The van der Waals surface area contributed by atoms with Crippen molar-refractivity contribution < 1.29 is 14.1 Å². The second kappa shape index (κ2) is 7.82. The number of aromatic nitrogens is 2. The summed E-state index contributed by atoms with van der Waals surface area (Å²) in [6.07, 6.45) is 0. The average molecular weight is 351 g/mol. The summed E-state index contributed by atoms with van der Waals surface area (Å²) in [5, 5.41) is 6.87. The summed E-state index contributed by atoms with van der Waals surface area (Å²) >= 11 is 0. The molecule has 2 aromatic carbocycles. The van der Waals surface area contributed by atoms with Gasteiger partial charge in [-0.05, 0) is 43.7 Å². The normalized spacial score (nSPS) is 11.8. The zero-order valence-electron chi connectivity index (χ0n) is 15.0. The molecule has 3 rings (SSSR count). The van der Waals surface area contributed by atoms with Crippen LogP contribution in [0.25, 0.3) is 11.4 Å². The zero-order chi connectivity index (χ0) is 18.5. The maximum absolute atomic E-state index is 12.5. The van der Waals surface area contributed by atoms with Crippen LogP contribution in [0.5, 0.6) is 5.75 Å². The number of nitrogens with zero attached hydrogens (tertiary/aromatic N) is 2. The fraction of sp³-hybridized carbons (Fsp3) is 0.250. The highest BCUT2D eigenvalue weighted by Gasteiger charge is 2.13. The van der Waals surface area contributed by atoms with Crippen LogP contribution in [0.4, 0.5) is 0 Å². The molecule has 1 amide bonds. The summed E-state index contributed by atoms with van der Waals surface area (Å²) in [5.41, 5.74) is 2.39. The lowest BCUT2D eigenvalue weighted by atomic mass is 10.1. The molecule has 0 aliphatic carbocycles. The monoisotopic (exact) mass is 351 g/mol. The first kappa shape index (κ1) is 17.7. The van der Waals surface area contributed by atoms with Gasteiger partial charge in [-0.1, -0.05) is 29.4 Å². The molecule has 0 radical (unpaired) electrons. The van der Waals surface area contributed by atoms with Gasteiger partial charge in [0.2, 0.25) is 11.7 Å². The molecule has 0 bridgehead atoms. The van der Waals surface area contributed by atoms with Gasteiger partial charge in [-0.15, -0.1) is 0 Å². The minimum Gasteiger partial charge on any atom is -0.494 e.